The summed E-state index contributed by atoms with van der Waals surface area (Å²) >= 11 is 0. The summed E-state index contributed by atoms with van der Waals surface area (Å²) in [5, 5.41) is 11.7. The molecule has 42 heavy (non-hydrogen) atoms. The van der Waals surface area contributed by atoms with Gasteiger partial charge in [-0.25, -0.2) is 8.42 Å². The van der Waals surface area contributed by atoms with E-state index in [2.05, 4.69) is 4.90 Å². The highest BCUT2D eigenvalue weighted by molar-refractivity contribution is 7.89. The first-order valence-corrected chi connectivity index (χ1v) is 15.8. The second kappa shape index (κ2) is 10.9. The van der Waals surface area contributed by atoms with Crippen LogP contribution in [0.2, 0.25) is 0 Å². The summed E-state index contributed by atoms with van der Waals surface area (Å²) in [5.41, 5.74) is -0.995. The number of nitrogens with zero attached hydrogens (tertiary/aromatic N) is 4. The molecule has 2 aromatic carbocycles. The SMILES string of the molecule is CCN1C(=O)C2(C(=C(O)c3ccc(S(=O)(=O)N4CCCC4)cc3)C(=O)C(=O)N2CCN2CCOCC2)c2ccccc21. The highest BCUT2D eigenvalue weighted by Crippen LogP contribution is 2.53. The van der Waals surface area contributed by atoms with E-state index >= 15 is 0 Å². The van der Waals surface area contributed by atoms with Crippen molar-refractivity contribution in [3.63, 3.8) is 0 Å². The molecule has 4 aliphatic rings. The Bertz CT molecular complexity index is 1560. The normalized spacial score (nSPS) is 24.7. The molecule has 0 aromatic heterocycles. The summed E-state index contributed by atoms with van der Waals surface area (Å²) in [4.78, 5) is 46.9. The molecule has 2 aromatic rings. The minimum absolute atomic E-state index is 0.0704. The van der Waals surface area contributed by atoms with Crippen LogP contribution >= 0.6 is 0 Å². The molecule has 3 saturated heterocycles. The molecule has 12 heteroatoms. The van der Waals surface area contributed by atoms with Gasteiger partial charge in [-0.05, 0) is 50.1 Å². The van der Waals surface area contributed by atoms with Gasteiger partial charge in [0.2, 0.25) is 10.0 Å². The van der Waals surface area contributed by atoms with Gasteiger partial charge in [0, 0.05) is 56.9 Å². The molecule has 0 radical (unpaired) electrons. The van der Waals surface area contributed by atoms with E-state index in [0.717, 1.165) is 12.8 Å². The molecule has 2 amide bonds. The summed E-state index contributed by atoms with van der Waals surface area (Å²) in [6, 6.07) is 12.6. The maximum Gasteiger partial charge on any atom is 0.296 e. The topological polar surface area (TPSA) is 128 Å². The number of benzene rings is 2. The monoisotopic (exact) mass is 594 g/mol. The fourth-order valence-electron chi connectivity index (χ4n) is 6.55. The zero-order chi connectivity index (χ0) is 29.6. The van der Waals surface area contributed by atoms with Gasteiger partial charge >= 0.3 is 0 Å². The number of amides is 2. The maximum atomic E-state index is 14.4. The van der Waals surface area contributed by atoms with Crippen molar-refractivity contribution in [1.29, 1.82) is 0 Å². The number of aliphatic hydroxyl groups is 1. The third-order valence-corrected chi connectivity index (χ3v) is 10.6. The number of aliphatic hydroxyl groups excluding tert-OH is 1. The van der Waals surface area contributed by atoms with Gasteiger partial charge in [0.1, 0.15) is 5.76 Å². The molecule has 1 N–H and O–H groups in total. The van der Waals surface area contributed by atoms with E-state index in [1.54, 1.807) is 24.3 Å². The van der Waals surface area contributed by atoms with Gasteiger partial charge in [-0.2, -0.15) is 4.31 Å². The van der Waals surface area contributed by atoms with E-state index in [9.17, 15) is 27.9 Å². The number of likely N-dealkylation sites (N-methyl/N-ethyl adjacent to an activating group) is 1. The Morgan fingerprint density at radius 2 is 1.60 bits per heavy atom. The number of likely N-dealkylation sites (tertiary alicyclic amines) is 1. The van der Waals surface area contributed by atoms with Crippen LogP contribution < -0.4 is 4.90 Å². The first-order chi connectivity index (χ1) is 20.2. The van der Waals surface area contributed by atoms with Gasteiger partial charge in [-0.15, -0.1) is 0 Å². The fourth-order valence-corrected chi connectivity index (χ4v) is 8.07. The van der Waals surface area contributed by atoms with Crippen LogP contribution in [0.15, 0.2) is 59.0 Å². The molecule has 0 saturated carbocycles. The number of rotatable bonds is 7. The standard InChI is InChI=1S/C30H34N4O7S/c1-2-33-24-8-4-3-7-23(24)30(29(33)38)25(27(36)28(37)34(30)16-15-31-17-19-41-20-18-31)26(35)21-9-11-22(12-10-21)42(39,40)32-13-5-6-14-32/h3-4,7-12,35H,2,5-6,13-20H2,1H3. The molecule has 11 nitrogen and oxygen atoms in total. The van der Waals surface area contributed by atoms with Gasteiger partial charge in [0.05, 0.1) is 29.4 Å². The average Bonchev–Trinajstić information content (AvgIpc) is 3.70. The van der Waals surface area contributed by atoms with E-state index < -0.39 is 38.9 Å². The number of para-hydroxylation sites is 1. The first-order valence-electron chi connectivity index (χ1n) is 14.3. The molecule has 6 rings (SSSR count). The molecule has 4 aliphatic heterocycles. The van der Waals surface area contributed by atoms with Crippen molar-refractivity contribution in [2.75, 3.05) is 63.9 Å². The van der Waals surface area contributed by atoms with Crippen molar-refractivity contribution in [3.05, 3.63) is 65.2 Å². The minimum Gasteiger partial charge on any atom is -0.507 e. The van der Waals surface area contributed by atoms with Crippen LogP contribution in [0.25, 0.3) is 5.76 Å². The van der Waals surface area contributed by atoms with Crippen molar-refractivity contribution in [2.45, 2.75) is 30.2 Å². The number of ether oxygens (including phenoxy) is 1. The summed E-state index contributed by atoms with van der Waals surface area (Å²) in [6.45, 7) is 5.96. The third kappa shape index (κ3) is 4.27. The van der Waals surface area contributed by atoms with E-state index in [0.29, 0.717) is 63.7 Å². The van der Waals surface area contributed by atoms with Gasteiger partial charge in [0.15, 0.2) is 5.54 Å². The lowest BCUT2D eigenvalue weighted by molar-refractivity contribution is -0.144. The number of morpholine rings is 1. The number of sulfonamides is 1. The van der Waals surface area contributed by atoms with Gasteiger partial charge in [0.25, 0.3) is 17.6 Å². The summed E-state index contributed by atoms with van der Waals surface area (Å²) < 4.78 is 33.0. The minimum atomic E-state index is -3.70. The Labute approximate surface area is 245 Å². The quantitative estimate of drug-likeness (QED) is 0.292. The van der Waals surface area contributed by atoms with E-state index in [1.165, 1.54) is 38.4 Å². The number of ketones is 1. The summed E-state index contributed by atoms with van der Waals surface area (Å²) in [5.74, 6) is -2.82. The highest BCUT2D eigenvalue weighted by atomic mass is 32.2. The average molecular weight is 595 g/mol. The lowest BCUT2D eigenvalue weighted by Gasteiger charge is -2.36. The maximum absolute atomic E-state index is 14.4. The van der Waals surface area contributed by atoms with Crippen LogP contribution in [0.1, 0.15) is 30.9 Å². The Kier molecular flexibility index (Phi) is 7.42. The number of carbonyl (C=O) groups excluding carboxylic acids is 3. The van der Waals surface area contributed by atoms with Crippen LogP contribution in [-0.2, 0) is 34.7 Å². The largest absolute Gasteiger partial charge is 0.507 e. The fraction of sp³-hybridized carbons (Fsp3) is 0.433. The van der Waals surface area contributed by atoms with Crippen molar-refractivity contribution in [3.8, 4) is 0 Å². The Morgan fingerprint density at radius 3 is 2.26 bits per heavy atom. The summed E-state index contributed by atoms with van der Waals surface area (Å²) in [7, 11) is -3.70. The Morgan fingerprint density at radius 1 is 0.929 bits per heavy atom. The second-order valence-corrected chi connectivity index (χ2v) is 12.8. The number of Topliss-reactive ketones (excluding diaryl/α,β-unsaturated/α-hetero) is 1. The Balaban J connectivity index is 1.47. The number of hydrogen-bond acceptors (Lipinski definition) is 8. The van der Waals surface area contributed by atoms with Gasteiger partial charge in [-0.3, -0.25) is 19.3 Å². The van der Waals surface area contributed by atoms with Crippen molar-refractivity contribution < 1.29 is 32.6 Å². The van der Waals surface area contributed by atoms with Crippen molar-refractivity contribution in [2.24, 2.45) is 0 Å². The zero-order valence-corrected chi connectivity index (χ0v) is 24.3. The van der Waals surface area contributed by atoms with Crippen molar-refractivity contribution in [1.82, 2.24) is 14.1 Å². The van der Waals surface area contributed by atoms with Crippen LogP contribution in [-0.4, -0.2) is 104 Å². The number of anilines is 1. The van der Waals surface area contributed by atoms with E-state index in [1.807, 2.05) is 6.92 Å². The molecular weight excluding hydrogens is 560 g/mol. The van der Waals surface area contributed by atoms with E-state index in [4.69, 9.17) is 4.74 Å². The number of carbonyl (C=O) groups is 3. The predicted molar refractivity (Wildman–Crippen MR) is 154 cm³/mol. The van der Waals surface area contributed by atoms with Gasteiger partial charge in [-0.1, -0.05) is 18.2 Å². The molecule has 3 fully saturated rings. The van der Waals surface area contributed by atoms with Crippen LogP contribution in [0.4, 0.5) is 5.69 Å². The lowest BCUT2D eigenvalue weighted by atomic mass is 9.82. The Hall–Kier alpha value is -3.58. The summed E-state index contributed by atoms with van der Waals surface area (Å²) in [6.07, 6.45) is 1.60. The lowest BCUT2D eigenvalue weighted by Crippen LogP contribution is -2.54. The van der Waals surface area contributed by atoms with Crippen molar-refractivity contribution >= 4 is 39.1 Å². The molecule has 1 spiro atoms. The first kappa shape index (κ1) is 28.5. The van der Waals surface area contributed by atoms with E-state index in [-0.39, 0.29) is 22.6 Å². The number of hydrogen-bond donors (Lipinski definition) is 1. The van der Waals surface area contributed by atoms with Crippen LogP contribution in [0.3, 0.4) is 0 Å². The zero-order valence-electron chi connectivity index (χ0n) is 23.5. The van der Waals surface area contributed by atoms with Crippen LogP contribution in [0.5, 0.6) is 0 Å². The molecule has 0 bridgehead atoms. The number of fused-ring (bicyclic) bond motifs is 2. The second-order valence-electron chi connectivity index (χ2n) is 10.9. The molecule has 0 aliphatic carbocycles. The highest BCUT2D eigenvalue weighted by Gasteiger charge is 2.66. The molecule has 4 heterocycles. The smallest absolute Gasteiger partial charge is 0.296 e. The predicted octanol–water partition coefficient (Wildman–Crippen LogP) is 1.75. The third-order valence-electron chi connectivity index (χ3n) is 8.70. The van der Waals surface area contributed by atoms with Crippen LogP contribution in [0, 0.1) is 0 Å². The molecule has 222 valence electrons. The molecular formula is C30H34N4O7S. The molecule has 1 atom stereocenters. The molecule has 1 unspecified atom stereocenters. The van der Waals surface area contributed by atoms with Gasteiger partial charge < -0.3 is 19.6 Å².